The van der Waals surface area contributed by atoms with Gasteiger partial charge in [0.1, 0.15) is 5.52 Å². The highest BCUT2D eigenvalue weighted by atomic mass is 15.5. The highest BCUT2D eigenvalue weighted by molar-refractivity contribution is 5.74. The molecular weight excluding hydrogens is 246 g/mol. The number of aromatic nitrogens is 3. The van der Waals surface area contributed by atoms with Gasteiger partial charge in [-0.2, -0.15) is 0 Å². The van der Waals surface area contributed by atoms with Gasteiger partial charge in [0, 0.05) is 0 Å². The lowest BCUT2D eigenvalue weighted by Crippen LogP contribution is -2.32. The minimum Gasteiger partial charge on any atom is -0.234 e. The summed E-state index contributed by atoms with van der Waals surface area (Å²) in [5.74, 6) is 0. The molecule has 3 nitrogen and oxygen atoms in total. The lowest BCUT2D eigenvalue weighted by atomic mass is 9.88. The highest BCUT2D eigenvalue weighted by Crippen LogP contribution is 2.43. The zero-order valence-electron chi connectivity index (χ0n) is 11.4. The Morgan fingerprint density at radius 1 is 0.850 bits per heavy atom. The van der Waals surface area contributed by atoms with Crippen molar-refractivity contribution in [2.75, 3.05) is 0 Å². The van der Waals surface area contributed by atoms with Crippen LogP contribution >= 0.6 is 0 Å². The van der Waals surface area contributed by atoms with Crippen LogP contribution in [0.1, 0.15) is 31.2 Å². The van der Waals surface area contributed by atoms with Crippen LogP contribution < -0.4 is 0 Å². The lowest BCUT2D eigenvalue weighted by Gasteiger charge is -2.30. The van der Waals surface area contributed by atoms with Gasteiger partial charge in [-0.15, -0.1) is 5.10 Å². The van der Waals surface area contributed by atoms with Crippen molar-refractivity contribution < 1.29 is 0 Å². The number of hydrogen-bond acceptors (Lipinski definition) is 2. The number of hydrogen-bond donors (Lipinski definition) is 0. The van der Waals surface area contributed by atoms with E-state index < -0.39 is 0 Å². The molecule has 100 valence electrons. The summed E-state index contributed by atoms with van der Waals surface area (Å²) in [5, 5.41) is 8.84. The Bertz CT molecular complexity index is 724. The summed E-state index contributed by atoms with van der Waals surface area (Å²) in [6.45, 7) is 0. The van der Waals surface area contributed by atoms with Crippen LogP contribution in [0.25, 0.3) is 11.0 Å². The fourth-order valence-electron chi connectivity index (χ4n) is 3.52. The van der Waals surface area contributed by atoms with Crippen molar-refractivity contribution >= 4 is 11.0 Å². The molecule has 0 spiro atoms. The van der Waals surface area contributed by atoms with Gasteiger partial charge in [-0.05, 0) is 30.5 Å². The zero-order valence-corrected chi connectivity index (χ0v) is 11.4. The van der Waals surface area contributed by atoms with Crippen LogP contribution in [-0.4, -0.2) is 15.0 Å². The molecule has 1 heterocycles. The maximum atomic E-state index is 4.49. The molecule has 0 radical (unpaired) electrons. The number of benzene rings is 2. The minimum atomic E-state index is -0.0165. The van der Waals surface area contributed by atoms with E-state index in [0.717, 1.165) is 23.9 Å². The van der Waals surface area contributed by atoms with E-state index in [1.807, 2.05) is 12.1 Å². The molecule has 1 aliphatic rings. The van der Waals surface area contributed by atoms with Crippen LogP contribution in [0.15, 0.2) is 54.6 Å². The van der Waals surface area contributed by atoms with Crippen molar-refractivity contribution in [3.63, 3.8) is 0 Å². The molecule has 3 heteroatoms. The normalized spacial score (nSPS) is 17.6. The van der Waals surface area contributed by atoms with Gasteiger partial charge in [0.05, 0.1) is 11.1 Å². The Hall–Kier alpha value is -2.16. The minimum absolute atomic E-state index is 0.0165. The molecule has 0 atom stereocenters. The predicted octanol–water partition coefficient (Wildman–Crippen LogP) is 3.75. The van der Waals surface area contributed by atoms with Crippen LogP contribution in [0.2, 0.25) is 0 Å². The van der Waals surface area contributed by atoms with Gasteiger partial charge in [0.2, 0.25) is 0 Å². The number of nitrogens with zero attached hydrogens (tertiary/aromatic N) is 3. The number of para-hydroxylation sites is 1. The molecule has 20 heavy (non-hydrogen) atoms. The molecule has 0 bridgehead atoms. The smallest absolute Gasteiger partial charge is 0.113 e. The molecular formula is C17H17N3. The Balaban J connectivity index is 1.96. The van der Waals surface area contributed by atoms with Crippen LogP contribution in [-0.2, 0) is 5.54 Å². The lowest BCUT2D eigenvalue weighted by molar-refractivity contribution is 0.332. The van der Waals surface area contributed by atoms with Gasteiger partial charge in [-0.25, -0.2) is 4.68 Å². The predicted molar refractivity (Wildman–Crippen MR) is 79.5 cm³/mol. The van der Waals surface area contributed by atoms with Gasteiger partial charge in [0.15, 0.2) is 0 Å². The van der Waals surface area contributed by atoms with Gasteiger partial charge in [-0.3, -0.25) is 0 Å². The zero-order chi connectivity index (χ0) is 13.4. The van der Waals surface area contributed by atoms with Crippen LogP contribution in [0.4, 0.5) is 0 Å². The highest BCUT2D eigenvalue weighted by Gasteiger charge is 2.39. The first-order chi connectivity index (χ1) is 9.90. The third kappa shape index (κ3) is 1.59. The summed E-state index contributed by atoms with van der Waals surface area (Å²) in [5.41, 5.74) is 3.46. The second-order valence-corrected chi connectivity index (χ2v) is 5.59. The van der Waals surface area contributed by atoms with E-state index in [2.05, 4.69) is 57.5 Å². The van der Waals surface area contributed by atoms with Crippen molar-refractivity contribution in [2.24, 2.45) is 0 Å². The molecule has 1 fully saturated rings. The van der Waals surface area contributed by atoms with E-state index in [-0.39, 0.29) is 5.54 Å². The molecule has 0 amide bonds. The maximum Gasteiger partial charge on any atom is 0.113 e. The summed E-state index contributed by atoms with van der Waals surface area (Å²) < 4.78 is 2.16. The standard InChI is InChI=1S/C17H17N3/c1-2-8-14(9-3-1)17(12-6-7-13-17)20-16-11-5-4-10-15(16)18-19-20/h1-5,8-11H,6-7,12-13H2. The van der Waals surface area contributed by atoms with Gasteiger partial charge in [-0.1, -0.05) is 60.5 Å². The van der Waals surface area contributed by atoms with E-state index in [4.69, 9.17) is 0 Å². The van der Waals surface area contributed by atoms with Crippen molar-refractivity contribution in [2.45, 2.75) is 31.2 Å². The van der Waals surface area contributed by atoms with Crippen LogP contribution in [0.5, 0.6) is 0 Å². The first-order valence-corrected chi connectivity index (χ1v) is 7.27. The average molecular weight is 263 g/mol. The first-order valence-electron chi connectivity index (χ1n) is 7.27. The second-order valence-electron chi connectivity index (χ2n) is 5.59. The molecule has 0 saturated heterocycles. The molecule has 0 unspecified atom stereocenters. The van der Waals surface area contributed by atoms with E-state index in [0.29, 0.717) is 0 Å². The first kappa shape index (κ1) is 11.6. The number of rotatable bonds is 2. The van der Waals surface area contributed by atoms with E-state index >= 15 is 0 Å². The van der Waals surface area contributed by atoms with Crippen molar-refractivity contribution in [3.8, 4) is 0 Å². The maximum absolute atomic E-state index is 4.49. The average Bonchev–Trinajstić information content (AvgIpc) is 3.15. The monoisotopic (exact) mass is 263 g/mol. The number of fused-ring (bicyclic) bond motifs is 1. The van der Waals surface area contributed by atoms with E-state index in [9.17, 15) is 0 Å². The fraction of sp³-hybridized carbons (Fsp3) is 0.294. The van der Waals surface area contributed by atoms with Gasteiger partial charge < -0.3 is 0 Å². The topological polar surface area (TPSA) is 30.7 Å². The summed E-state index contributed by atoms with van der Waals surface area (Å²) in [7, 11) is 0. The second kappa shape index (κ2) is 4.44. The molecule has 1 aliphatic carbocycles. The molecule has 1 aromatic heterocycles. The van der Waals surface area contributed by atoms with E-state index in [1.54, 1.807) is 0 Å². The Labute approximate surface area is 118 Å². The summed E-state index contributed by atoms with van der Waals surface area (Å²) >= 11 is 0. The molecule has 2 aromatic carbocycles. The van der Waals surface area contributed by atoms with Crippen LogP contribution in [0, 0.1) is 0 Å². The van der Waals surface area contributed by atoms with Crippen molar-refractivity contribution in [3.05, 3.63) is 60.2 Å². The van der Waals surface area contributed by atoms with Crippen molar-refractivity contribution in [1.29, 1.82) is 0 Å². The van der Waals surface area contributed by atoms with E-state index in [1.165, 1.54) is 18.4 Å². The largest absolute Gasteiger partial charge is 0.234 e. The molecule has 1 saturated carbocycles. The van der Waals surface area contributed by atoms with Gasteiger partial charge in [0.25, 0.3) is 0 Å². The molecule has 0 N–H and O–H groups in total. The summed E-state index contributed by atoms with van der Waals surface area (Å²) in [6.07, 6.45) is 4.79. The Kier molecular flexibility index (Phi) is 2.59. The fourth-order valence-corrected chi connectivity index (χ4v) is 3.52. The summed E-state index contributed by atoms with van der Waals surface area (Å²) in [6, 6.07) is 19.0. The quantitative estimate of drug-likeness (QED) is 0.705. The third-order valence-corrected chi connectivity index (χ3v) is 4.50. The Morgan fingerprint density at radius 2 is 1.55 bits per heavy atom. The third-order valence-electron chi connectivity index (χ3n) is 4.50. The Morgan fingerprint density at radius 3 is 2.35 bits per heavy atom. The SMILES string of the molecule is c1ccc(C2(n3nnc4ccccc43)CCCC2)cc1. The molecule has 4 rings (SSSR count). The van der Waals surface area contributed by atoms with Crippen molar-refractivity contribution in [1.82, 2.24) is 15.0 Å². The summed E-state index contributed by atoms with van der Waals surface area (Å²) in [4.78, 5) is 0. The van der Waals surface area contributed by atoms with Gasteiger partial charge >= 0.3 is 0 Å². The van der Waals surface area contributed by atoms with Crippen LogP contribution in [0.3, 0.4) is 0 Å². The molecule has 0 aliphatic heterocycles. The molecule has 3 aromatic rings.